The van der Waals surface area contributed by atoms with Crippen LogP contribution in [-0.4, -0.2) is 28.8 Å². The zero-order valence-corrected chi connectivity index (χ0v) is 28.8. The smallest absolute Gasteiger partial charge is 0.261 e. The Morgan fingerprint density at radius 3 is 1.70 bits per heavy atom. The molecule has 9 rings (SSSR count). The summed E-state index contributed by atoms with van der Waals surface area (Å²) in [5, 5.41) is 0.599. The van der Waals surface area contributed by atoms with E-state index in [-0.39, 0.29) is 27.4 Å². The number of aromatic nitrogens is 1. The van der Waals surface area contributed by atoms with E-state index in [2.05, 4.69) is 52.0 Å². The van der Waals surface area contributed by atoms with Crippen molar-refractivity contribution >= 4 is 45.4 Å². The summed E-state index contributed by atoms with van der Waals surface area (Å²) in [6, 6.07) is 14.9. The van der Waals surface area contributed by atoms with E-state index in [1.165, 1.54) is 19.7 Å². The van der Waals surface area contributed by atoms with Gasteiger partial charge in [-0.15, -0.1) is 0 Å². The summed E-state index contributed by atoms with van der Waals surface area (Å²) in [7, 11) is 2.89. The van der Waals surface area contributed by atoms with Gasteiger partial charge in [-0.25, -0.2) is 0 Å². The van der Waals surface area contributed by atoms with Gasteiger partial charge in [0.25, 0.3) is 17.0 Å². The number of ether oxygens (including phenoxy) is 2. The second kappa shape index (κ2) is 9.53. The first kappa shape index (κ1) is 30.4. The van der Waals surface area contributed by atoms with Gasteiger partial charge < -0.3 is 18.3 Å². The highest BCUT2D eigenvalue weighted by Crippen LogP contribution is 2.65. The monoisotopic (exact) mass is 670 g/mol. The van der Waals surface area contributed by atoms with Crippen LogP contribution in [0.25, 0.3) is 33.1 Å². The minimum absolute atomic E-state index is 0.212. The zero-order chi connectivity index (χ0) is 35.2. The average Bonchev–Trinajstić information content (AvgIpc) is 3.52. The van der Waals surface area contributed by atoms with Gasteiger partial charge in [0, 0.05) is 25.1 Å². The number of hydrogen-bond acceptors (Lipinski definition) is 8. The molecule has 2 amide bonds. The summed E-state index contributed by atoms with van der Waals surface area (Å²) >= 11 is 0. The Balaban J connectivity index is 1.21. The predicted molar refractivity (Wildman–Crippen MR) is 187 cm³/mol. The van der Waals surface area contributed by atoms with Crippen molar-refractivity contribution in [2.45, 2.75) is 63.7 Å². The molecular weight excluding hydrogens is 636 g/mol. The van der Waals surface area contributed by atoms with E-state index in [9.17, 15) is 19.2 Å². The molecule has 10 heteroatoms. The van der Waals surface area contributed by atoms with Crippen molar-refractivity contribution in [3.63, 3.8) is 0 Å². The van der Waals surface area contributed by atoms with Gasteiger partial charge in [-0.05, 0) is 107 Å². The lowest BCUT2D eigenvalue weighted by Crippen LogP contribution is -2.27. The molecule has 0 saturated carbocycles. The summed E-state index contributed by atoms with van der Waals surface area (Å²) in [4.78, 5) is 50.7. The van der Waals surface area contributed by atoms with E-state index in [0.717, 1.165) is 39.0 Å². The van der Waals surface area contributed by atoms with Crippen molar-refractivity contribution in [1.29, 1.82) is 0 Å². The SMILES string of the molecule is Cc1cc2c(cc1C(=O)N(C)C=O)Oc1cc3c(cc1O2)C(C)(C)CC31CC(C)(C)c2cc3oc4cc5c(=O)n(C)c(=O)c5cc4oc3cc21. The molecule has 1 unspecified atom stereocenters. The van der Waals surface area contributed by atoms with Gasteiger partial charge in [0.1, 0.15) is 0 Å². The van der Waals surface area contributed by atoms with Gasteiger partial charge in [-0.3, -0.25) is 28.6 Å². The molecule has 3 aliphatic rings. The van der Waals surface area contributed by atoms with E-state index >= 15 is 0 Å². The van der Waals surface area contributed by atoms with E-state index in [1.54, 1.807) is 31.2 Å². The molecule has 2 aromatic heterocycles. The molecule has 50 heavy (non-hydrogen) atoms. The summed E-state index contributed by atoms with van der Waals surface area (Å²) in [5.41, 5.74) is 5.96. The van der Waals surface area contributed by atoms with Crippen LogP contribution in [0, 0.1) is 6.92 Å². The lowest BCUT2D eigenvalue weighted by Gasteiger charge is -2.31. The maximum absolute atomic E-state index is 12.9. The molecule has 2 aliphatic carbocycles. The van der Waals surface area contributed by atoms with Crippen LogP contribution in [0.2, 0.25) is 0 Å². The number of amides is 2. The lowest BCUT2D eigenvalue weighted by molar-refractivity contribution is -0.115. The van der Waals surface area contributed by atoms with Gasteiger partial charge in [0.15, 0.2) is 45.3 Å². The highest BCUT2D eigenvalue weighted by molar-refractivity contribution is 6.01. The van der Waals surface area contributed by atoms with E-state index in [1.807, 2.05) is 0 Å². The number of nitrogens with zero attached hydrogens (tertiary/aromatic N) is 2. The fraction of sp³-hybridized carbons (Fsp3) is 0.300. The molecule has 1 atom stereocenters. The molecule has 0 radical (unpaired) electrons. The first-order valence-corrected chi connectivity index (χ1v) is 16.6. The van der Waals surface area contributed by atoms with Crippen molar-refractivity contribution in [3.05, 3.63) is 103 Å². The topological polar surface area (TPSA) is 121 Å². The number of aryl methyl sites for hydroxylation is 1. The largest absolute Gasteiger partial charge is 0.449 e. The van der Waals surface area contributed by atoms with Crippen LogP contribution in [-0.2, 0) is 28.1 Å². The summed E-state index contributed by atoms with van der Waals surface area (Å²) in [6.07, 6.45) is 2.15. The van der Waals surface area contributed by atoms with Crippen molar-refractivity contribution in [2.75, 3.05) is 7.05 Å². The van der Waals surface area contributed by atoms with Crippen LogP contribution in [0.15, 0.2) is 67.0 Å². The number of imide groups is 1. The Morgan fingerprint density at radius 1 is 0.700 bits per heavy atom. The predicted octanol–water partition coefficient (Wildman–Crippen LogP) is 7.47. The molecular formula is C40H34N2O8. The number of carbonyl (C=O) groups is 2. The van der Waals surface area contributed by atoms with Crippen LogP contribution in [0.4, 0.5) is 0 Å². The van der Waals surface area contributed by atoms with E-state index in [0.29, 0.717) is 73.6 Å². The number of rotatable bonds is 2. The van der Waals surface area contributed by atoms with E-state index < -0.39 is 5.91 Å². The standard InChI is InChI=1S/C40H34N2O8/c1-19-8-27-28(9-20(19)35(44)41(6)18-43)48-33-14-25-23(12-31(33)47-27)38(2,3)16-40(25)17-39(4,5)24-13-32-34(15-26(24)40)50-30-11-22-21(10-29(30)49-32)36(45)42(7)37(22)46/h8-15,18H,16-17H2,1-7H3. The Kier molecular flexibility index (Phi) is 5.80. The normalized spacial score (nSPS) is 19.2. The Morgan fingerprint density at radius 2 is 1.14 bits per heavy atom. The Hall–Kier alpha value is -5.64. The van der Waals surface area contributed by atoms with Crippen LogP contribution in [0.5, 0.6) is 23.0 Å². The Labute approximate surface area is 285 Å². The molecule has 6 aromatic rings. The second-order valence-electron chi connectivity index (χ2n) is 15.4. The van der Waals surface area contributed by atoms with Gasteiger partial charge in [0.05, 0.1) is 10.8 Å². The third-order valence-corrected chi connectivity index (χ3v) is 11.2. The molecule has 0 fully saturated rings. The molecule has 252 valence electrons. The second-order valence-corrected chi connectivity index (χ2v) is 15.4. The summed E-state index contributed by atoms with van der Waals surface area (Å²) < 4.78 is 26.8. The van der Waals surface area contributed by atoms with Gasteiger partial charge in [-0.1, -0.05) is 27.7 Å². The van der Waals surface area contributed by atoms with Crippen LogP contribution >= 0.6 is 0 Å². The van der Waals surface area contributed by atoms with Crippen molar-refractivity contribution in [1.82, 2.24) is 9.47 Å². The minimum Gasteiger partial charge on any atom is -0.449 e. The average molecular weight is 671 g/mol. The number of carbonyl (C=O) groups excluding carboxylic acids is 2. The summed E-state index contributed by atoms with van der Waals surface area (Å²) in [6.45, 7) is 10.8. The Bertz CT molecular complexity index is 2690. The van der Waals surface area contributed by atoms with Gasteiger partial charge >= 0.3 is 0 Å². The zero-order valence-electron chi connectivity index (χ0n) is 28.8. The van der Waals surface area contributed by atoms with Crippen molar-refractivity contribution in [2.24, 2.45) is 7.05 Å². The molecule has 0 N–H and O–H groups in total. The summed E-state index contributed by atoms with van der Waals surface area (Å²) in [5.74, 6) is 1.64. The highest BCUT2D eigenvalue weighted by Gasteiger charge is 2.57. The van der Waals surface area contributed by atoms with Crippen LogP contribution in [0.1, 0.15) is 78.7 Å². The van der Waals surface area contributed by atoms with Gasteiger partial charge in [0.2, 0.25) is 6.41 Å². The third kappa shape index (κ3) is 3.90. The minimum atomic E-state index is -0.428. The first-order valence-electron chi connectivity index (χ1n) is 16.6. The number of benzene rings is 4. The first-order chi connectivity index (χ1) is 23.6. The van der Waals surface area contributed by atoms with E-state index in [4.69, 9.17) is 18.3 Å². The number of hydrogen-bond donors (Lipinski definition) is 0. The molecule has 1 aliphatic heterocycles. The van der Waals surface area contributed by atoms with Crippen molar-refractivity contribution < 1.29 is 27.9 Å². The third-order valence-electron chi connectivity index (χ3n) is 11.2. The lowest BCUT2D eigenvalue weighted by atomic mass is 9.72. The molecule has 4 aromatic carbocycles. The molecule has 3 heterocycles. The fourth-order valence-corrected chi connectivity index (χ4v) is 8.93. The highest BCUT2D eigenvalue weighted by atomic mass is 16.6. The quantitative estimate of drug-likeness (QED) is 0.137. The van der Waals surface area contributed by atoms with Gasteiger partial charge in [-0.2, -0.15) is 0 Å². The molecule has 10 nitrogen and oxygen atoms in total. The van der Waals surface area contributed by atoms with Crippen LogP contribution in [0.3, 0.4) is 0 Å². The van der Waals surface area contributed by atoms with Crippen molar-refractivity contribution in [3.8, 4) is 23.0 Å². The molecule has 0 saturated heterocycles. The molecule has 1 spiro atoms. The molecule has 0 bridgehead atoms. The maximum Gasteiger partial charge on any atom is 0.261 e. The maximum atomic E-state index is 12.9. The number of fused-ring (bicyclic) bond motifs is 9. The fourth-order valence-electron chi connectivity index (χ4n) is 8.93. The van der Waals surface area contributed by atoms with Crippen LogP contribution < -0.4 is 20.6 Å².